The van der Waals surface area contributed by atoms with E-state index in [-0.39, 0.29) is 24.0 Å². The Morgan fingerprint density at radius 3 is 3.10 bits per heavy atom. The molecule has 0 radical (unpaired) electrons. The highest BCUT2D eigenvalue weighted by Crippen LogP contribution is 2.31. The molecular formula is C15H19FN2O2. The molecule has 5 heteroatoms. The molecule has 2 N–H and O–H groups in total. The van der Waals surface area contributed by atoms with E-state index in [0.717, 1.165) is 43.4 Å². The normalized spacial score (nSPS) is 24.4. The van der Waals surface area contributed by atoms with Crippen LogP contribution in [0, 0.1) is 5.82 Å². The molecule has 108 valence electrons. The number of carbonyl (C=O) groups excluding carboxylic acids is 1. The second-order valence-corrected chi connectivity index (χ2v) is 5.42. The van der Waals surface area contributed by atoms with E-state index in [1.54, 1.807) is 12.1 Å². The summed E-state index contributed by atoms with van der Waals surface area (Å²) < 4.78 is 18.6. The first-order chi connectivity index (χ1) is 9.72. The summed E-state index contributed by atoms with van der Waals surface area (Å²) in [5.41, 5.74) is 2.02. The fraction of sp³-hybridized carbons (Fsp3) is 0.533. The number of benzene rings is 1. The molecule has 1 aliphatic heterocycles. The quantitative estimate of drug-likeness (QED) is 0.891. The number of fused-ring (bicyclic) bond motifs is 1. The molecule has 3 rings (SSSR count). The summed E-state index contributed by atoms with van der Waals surface area (Å²) in [6.45, 7) is 1.34. The number of nitrogens with one attached hydrogen (secondary N) is 2. The smallest absolute Gasteiger partial charge is 0.315 e. The highest BCUT2D eigenvalue weighted by atomic mass is 19.1. The molecule has 0 bridgehead atoms. The van der Waals surface area contributed by atoms with Gasteiger partial charge in [0.05, 0.1) is 12.1 Å². The van der Waals surface area contributed by atoms with Crippen LogP contribution < -0.4 is 10.6 Å². The molecule has 1 aromatic rings. The fourth-order valence-corrected chi connectivity index (χ4v) is 2.96. The number of rotatable bonds is 3. The predicted molar refractivity (Wildman–Crippen MR) is 73.0 cm³/mol. The molecule has 20 heavy (non-hydrogen) atoms. The topological polar surface area (TPSA) is 50.4 Å². The standard InChI is InChI=1S/C15H19FN2O2/c16-11-4-5-13-10(8-11)3-6-14(13)18-15(19)17-9-12-2-1-7-20-12/h4-5,8,12,14H,1-3,6-7,9H2,(H2,17,18,19). The highest BCUT2D eigenvalue weighted by molar-refractivity contribution is 5.74. The Morgan fingerprint density at radius 2 is 2.30 bits per heavy atom. The molecule has 2 amide bonds. The second kappa shape index (κ2) is 5.79. The van der Waals surface area contributed by atoms with Crippen molar-refractivity contribution in [3.63, 3.8) is 0 Å². The molecule has 0 spiro atoms. The van der Waals surface area contributed by atoms with Gasteiger partial charge in [-0.05, 0) is 48.9 Å². The van der Waals surface area contributed by atoms with E-state index >= 15 is 0 Å². The van der Waals surface area contributed by atoms with Crippen molar-refractivity contribution in [1.29, 1.82) is 0 Å². The number of hydrogen-bond acceptors (Lipinski definition) is 2. The summed E-state index contributed by atoms with van der Waals surface area (Å²) in [4.78, 5) is 11.9. The van der Waals surface area contributed by atoms with Crippen molar-refractivity contribution in [3.05, 3.63) is 35.1 Å². The lowest BCUT2D eigenvalue weighted by Crippen LogP contribution is -2.40. The van der Waals surface area contributed by atoms with Gasteiger partial charge in [0.1, 0.15) is 5.82 Å². The maximum Gasteiger partial charge on any atom is 0.315 e. The first-order valence-corrected chi connectivity index (χ1v) is 7.16. The van der Waals surface area contributed by atoms with Crippen LogP contribution in [0.5, 0.6) is 0 Å². The minimum atomic E-state index is -0.216. The number of carbonyl (C=O) groups is 1. The van der Waals surface area contributed by atoms with Gasteiger partial charge < -0.3 is 15.4 Å². The van der Waals surface area contributed by atoms with Gasteiger partial charge in [-0.3, -0.25) is 0 Å². The summed E-state index contributed by atoms with van der Waals surface area (Å²) in [5, 5.41) is 5.79. The lowest BCUT2D eigenvalue weighted by atomic mass is 10.1. The van der Waals surface area contributed by atoms with Crippen LogP contribution in [0.4, 0.5) is 9.18 Å². The molecule has 2 aliphatic rings. The molecule has 2 atom stereocenters. The first kappa shape index (κ1) is 13.4. The van der Waals surface area contributed by atoms with Crippen molar-refractivity contribution >= 4 is 6.03 Å². The van der Waals surface area contributed by atoms with Gasteiger partial charge in [0.2, 0.25) is 0 Å². The number of amides is 2. The summed E-state index contributed by atoms with van der Waals surface area (Å²) in [6, 6.07) is 4.57. The third-order valence-electron chi connectivity index (χ3n) is 4.00. The third kappa shape index (κ3) is 2.93. The number of aryl methyl sites for hydroxylation is 1. The van der Waals surface area contributed by atoms with Crippen molar-refractivity contribution in [3.8, 4) is 0 Å². The zero-order valence-electron chi connectivity index (χ0n) is 11.3. The van der Waals surface area contributed by atoms with E-state index in [4.69, 9.17) is 4.74 Å². The Labute approximate surface area is 117 Å². The average molecular weight is 278 g/mol. The summed E-state index contributed by atoms with van der Waals surface area (Å²) in [5.74, 6) is -0.216. The fourth-order valence-electron chi connectivity index (χ4n) is 2.96. The minimum absolute atomic E-state index is 0.0184. The molecule has 0 saturated carbocycles. The van der Waals surface area contributed by atoms with Gasteiger partial charge in [0.25, 0.3) is 0 Å². The van der Waals surface area contributed by atoms with E-state index in [1.165, 1.54) is 6.07 Å². The van der Waals surface area contributed by atoms with Crippen LogP contribution >= 0.6 is 0 Å². The van der Waals surface area contributed by atoms with Gasteiger partial charge >= 0.3 is 6.03 Å². The molecule has 1 fully saturated rings. The van der Waals surface area contributed by atoms with Gasteiger partial charge in [-0.25, -0.2) is 9.18 Å². The molecule has 2 unspecified atom stereocenters. The Bertz CT molecular complexity index is 501. The lowest BCUT2D eigenvalue weighted by Gasteiger charge is -2.16. The van der Waals surface area contributed by atoms with Crippen LogP contribution in [0.15, 0.2) is 18.2 Å². The SMILES string of the molecule is O=C(NCC1CCCO1)NC1CCc2cc(F)ccc21. The maximum absolute atomic E-state index is 13.1. The van der Waals surface area contributed by atoms with Crippen molar-refractivity contribution in [2.45, 2.75) is 37.8 Å². The van der Waals surface area contributed by atoms with E-state index in [2.05, 4.69) is 10.6 Å². The molecular weight excluding hydrogens is 259 g/mol. The Hall–Kier alpha value is -1.62. The van der Waals surface area contributed by atoms with E-state index in [0.29, 0.717) is 6.54 Å². The van der Waals surface area contributed by atoms with Gasteiger partial charge in [-0.1, -0.05) is 6.07 Å². The second-order valence-electron chi connectivity index (χ2n) is 5.42. The van der Waals surface area contributed by atoms with Crippen LogP contribution in [-0.2, 0) is 11.2 Å². The first-order valence-electron chi connectivity index (χ1n) is 7.16. The summed E-state index contributed by atoms with van der Waals surface area (Å²) >= 11 is 0. The molecule has 1 aromatic carbocycles. The lowest BCUT2D eigenvalue weighted by molar-refractivity contribution is 0.111. The van der Waals surface area contributed by atoms with E-state index < -0.39 is 0 Å². The van der Waals surface area contributed by atoms with Crippen molar-refractivity contribution in [2.24, 2.45) is 0 Å². The minimum Gasteiger partial charge on any atom is -0.376 e. The van der Waals surface area contributed by atoms with Crippen LogP contribution in [0.3, 0.4) is 0 Å². The van der Waals surface area contributed by atoms with Gasteiger partial charge in [-0.2, -0.15) is 0 Å². The Kier molecular flexibility index (Phi) is 3.87. The van der Waals surface area contributed by atoms with E-state index in [1.807, 2.05) is 0 Å². The number of hydrogen-bond donors (Lipinski definition) is 2. The van der Waals surface area contributed by atoms with Crippen molar-refractivity contribution in [2.75, 3.05) is 13.2 Å². The zero-order chi connectivity index (χ0) is 13.9. The van der Waals surface area contributed by atoms with E-state index in [9.17, 15) is 9.18 Å². The predicted octanol–water partition coefficient (Wildman–Crippen LogP) is 2.29. The van der Waals surface area contributed by atoms with Gasteiger partial charge in [0.15, 0.2) is 0 Å². The zero-order valence-corrected chi connectivity index (χ0v) is 11.3. The van der Waals surface area contributed by atoms with Crippen LogP contribution in [0.25, 0.3) is 0 Å². The van der Waals surface area contributed by atoms with Crippen molar-refractivity contribution < 1.29 is 13.9 Å². The van der Waals surface area contributed by atoms with Gasteiger partial charge in [-0.15, -0.1) is 0 Å². The number of halogens is 1. The Balaban J connectivity index is 1.52. The van der Waals surface area contributed by atoms with Crippen LogP contribution in [-0.4, -0.2) is 25.3 Å². The number of urea groups is 1. The van der Waals surface area contributed by atoms with Crippen LogP contribution in [0.2, 0.25) is 0 Å². The number of ether oxygens (including phenoxy) is 1. The Morgan fingerprint density at radius 1 is 1.40 bits per heavy atom. The maximum atomic E-state index is 13.1. The molecule has 1 saturated heterocycles. The average Bonchev–Trinajstić information content (AvgIpc) is 3.06. The summed E-state index contributed by atoms with van der Waals surface area (Å²) in [6.07, 6.45) is 3.85. The van der Waals surface area contributed by atoms with Gasteiger partial charge in [0, 0.05) is 13.2 Å². The summed E-state index contributed by atoms with van der Waals surface area (Å²) in [7, 11) is 0. The highest BCUT2D eigenvalue weighted by Gasteiger charge is 2.24. The molecule has 1 aliphatic carbocycles. The van der Waals surface area contributed by atoms with Crippen LogP contribution in [0.1, 0.15) is 36.4 Å². The molecule has 1 heterocycles. The largest absolute Gasteiger partial charge is 0.376 e. The monoisotopic (exact) mass is 278 g/mol. The third-order valence-corrected chi connectivity index (χ3v) is 4.00. The molecule has 0 aromatic heterocycles. The van der Waals surface area contributed by atoms with Crippen molar-refractivity contribution in [1.82, 2.24) is 10.6 Å². The molecule has 4 nitrogen and oxygen atoms in total.